The topological polar surface area (TPSA) is 204 Å². The van der Waals surface area contributed by atoms with E-state index in [0.29, 0.717) is 18.0 Å². The quantitative estimate of drug-likeness (QED) is 0.279. The van der Waals surface area contributed by atoms with Crippen LogP contribution >= 0.6 is 0 Å². The molecule has 0 aliphatic heterocycles. The molecule has 0 fully saturated rings. The summed E-state index contributed by atoms with van der Waals surface area (Å²) < 4.78 is 0. The lowest BCUT2D eigenvalue weighted by molar-refractivity contribution is -0.789. The third kappa shape index (κ3) is 10.0. The second-order valence-electron chi connectivity index (χ2n) is 5.25. The van der Waals surface area contributed by atoms with E-state index in [-0.39, 0.29) is 6.54 Å². The van der Waals surface area contributed by atoms with Crippen molar-refractivity contribution in [3.8, 4) is 0 Å². The first-order valence-corrected chi connectivity index (χ1v) is 7.99. The highest BCUT2D eigenvalue weighted by atomic mass is 17.0. The molecule has 1 unspecified atom stereocenters. The Morgan fingerprint density at radius 2 is 1.70 bits per heavy atom. The van der Waals surface area contributed by atoms with E-state index in [4.69, 9.17) is 10.2 Å². The van der Waals surface area contributed by atoms with E-state index < -0.39 is 34.8 Å². The van der Waals surface area contributed by atoms with Gasteiger partial charge < -0.3 is 25.2 Å². The van der Waals surface area contributed by atoms with Crippen LogP contribution in [-0.4, -0.2) is 56.6 Å². The van der Waals surface area contributed by atoms with Crippen LogP contribution in [0.15, 0.2) is 48.6 Å². The second kappa shape index (κ2) is 12.1. The van der Waals surface area contributed by atoms with Crippen molar-refractivity contribution in [2.45, 2.75) is 6.10 Å². The van der Waals surface area contributed by atoms with Gasteiger partial charge in [0.05, 0.1) is 5.52 Å². The number of aliphatic carboxylic acids is 2. The van der Waals surface area contributed by atoms with Crippen LogP contribution in [0.5, 0.6) is 0 Å². The van der Waals surface area contributed by atoms with Gasteiger partial charge in [0.15, 0.2) is 0 Å². The maximum Gasteiger partial charge on any atom is 0.328 e. The molecule has 0 spiro atoms. The molecule has 1 atom stereocenters. The molecule has 30 heavy (non-hydrogen) atoms. The number of carboxylic acids is 2. The summed E-state index contributed by atoms with van der Waals surface area (Å²) in [5.41, 5.74) is 0.751. The number of carbonyl (C=O) groups is 2. The molecule has 1 heterocycles. The molecule has 0 saturated carbocycles. The Morgan fingerprint density at radius 1 is 1.07 bits per heavy atom. The standard InChI is InChI=1S/C12H12N4O6.C4H4O4/c17-15(18)21-8-10(22-16(19)20)7-13-12-6-5-9-3-1-2-4-11(9)14-12;5-3(6)1-2-4(7)8/h1-6,10H,7-8H2,(H,13,14);1-2H,(H,5,6)(H,7,8)/b;2-1-. The lowest BCUT2D eigenvalue weighted by Gasteiger charge is -2.15. The number of fused-ring (bicyclic) bond motifs is 1. The van der Waals surface area contributed by atoms with Gasteiger partial charge in [-0.15, -0.1) is 20.2 Å². The van der Waals surface area contributed by atoms with Gasteiger partial charge in [-0.3, -0.25) is 0 Å². The zero-order chi connectivity index (χ0) is 22.5. The summed E-state index contributed by atoms with van der Waals surface area (Å²) in [6, 6.07) is 11.0. The second-order valence-corrected chi connectivity index (χ2v) is 5.25. The fraction of sp³-hybridized carbons (Fsp3) is 0.188. The van der Waals surface area contributed by atoms with Crippen molar-refractivity contribution in [3.05, 3.63) is 68.8 Å². The van der Waals surface area contributed by atoms with E-state index in [1.54, 1.807) is 6.07 Å². The molecule has 14 nitrogen and oxygen atoms in total. The van der Waals surface area contributed by atoms with E-state index in [2.05, 4.69) is 20.0 Å². The number of para-hydroxylation sites is 1. The summed E-state index contributed by atoms with van der Waals surface area (Å²) >= 11 is 0. The average molecular weight is 424 g/mol. The first-order valence-electron chi connectivity index (χ1n) is 7.99. The van der Waals surface area contributed by atoms with Gasteiger partial charge in [0.25, 0.3) is 10.2 Å². The van der Waals surface area contributed by atoms with Crippen molar-refractivity contribution in [1.29, 1.82) is 0 Å². The summed E-state index contributed by atoms with van der Waals surface area (Å²) in [6.07, 6.45) is -0.0151. The monoisotopic (exact) mass is 424 g/mol. The summed E-state index contributed by atoms with van der Waals surface area (Å²) in [7, 11) is 0. The maximum absolute atomic E-state index is 10.4. The van der Waals surface area contributed by atoms with E-state index in [1.807, 2.05) is 30.3 Å². The van der Waals surface area contributed by atoms with Crippen LogP contribution in [0.2, 0.25) is 0 Å². The zero-order valence-corrected chi connectivity index (χ0v) is 15.1. The van der Waals surface area contributed by atoms with Crippen LogP contribution < -0.4 is 5.32 Å². The van der Waals surface area contributed by atoms with Crippen LogP contribution in [0, 0.1) is 20.2 Å². The van der Waals surface area contributed by atoms with Gasteiger partial charge >= 0.3 is 11.9 Å². The summed E-state index contributed by atoms with van der Waals surface area (Å²) in [5, 5.41) is 37.8. The molecule has 0 saturated heterocycles. The molecule has 3 N–H and O–H groups in total. The number of hydrogen-bond acceptors (Lipinski definition) is 10. The molecule has 2 aromatic rings. The van der Waals surface area contributed by atoms with Crippen LogP contribution in [-0.2, 0) is 19.3 Å². The zero-order valence-electron chi connectivity index (χ0n) is 15.1. The van der Waals surface area contributed by atoms with Gasteiger partial charge in [0.1, 0.15) is 18.5 Å². The van der Waals surface area contributed by atoms with E-state index in [1.165, 1.54) is 0 Å². The SMILES string of the molecule is O=C(O)/C=C\C(=O)O.O=[N+]([O-])OCC(CNc1ccc2ccccc2n1)O[N+](=O)[O-]. The molecule has 2 rings (SSSR count). The third-order valence-corrected chi connectivity index (χ3v) is 3.08. The smallest absolute Gasteiger partial charge is 0.328 e. The minimum absolute atomic E-state index is 0.0693. The van der Waals surface area contributed by atoms with Crippen molar-refractivity contribution in [2.75, 3.05) is 18.5 Å². The first-order chi connectivity index (χ1) is 14.2. The largest absolute Gasteiger partial charge is 0.478 e. The fourth-order valence-electron chi connectivity index (χ4n) is 1.92. The lowest BCUT2D eigenvalue weighted by atomic mass is 10.2. The fourth-order valence-corrected chi connectivity index (χ4v) is 1.92. The van der Waals surface area contributed by atoms with Crippen LogP contribution in [0.1, 0.15) is 0 Å². The van der Waals surface area contributed by atoms with Crippen molar-refractivity contribution < 1.29 is 39.7 Å². The van der Waals surface area contributed by atoms with Crippen LogP contribution in [0.25, 0.3) is 10.9 Å². The summed E-state index contributed by atoms with van der Waals surface area (Å²) in [4.78, 5) is 52.3. The van der Waals surface area contributed by atoms with Crippen LogP contribution in [0.3, 0.4) is 0 Å². The normalized spacial score (nSPS) is 11.1. The number of benzene rings is 1. The summed E-state index contributed by atoms with van der Waals surface area (Å²) in [6.45, 7) is -0.630. The Hall–Kier alpha value is -4.49. The third-order valence-electron chi connectivity index (χ3n) is 3.08. The molecule has 0 radical (unpaired) electrons. The number of aromatic nitrogens is 1. The van der Waals surface area contributed by atoms with Gasteiger partial charge in [-0.1, -0.05) is 18.2 Å². The van der Waals surface area contributed by atoms with Gasteiger partial charge in [-0.25, -0.2) is 14.6 Å². The number of rotatable bonds is 10. The number of nitrogens with one attached hydrogen (secondary N) is 1. The molecular weight excluding hydrogens is 408 g/mol. The van der Waals surface area contributed by atoms with Crippen molar-refractivity contribution in [1.82, 2.24) is 4.98 Å². The van der Waals surface area contributed by atoms with Gasteiger partial charge in [-0.2, -0.15) is 0 Å². The average Bonchev–Trinajstić information content (AvgIpc) is 2.68. The number of hydrogen-bond donors (Lipinski definition) is 3. The van der Waals surface area contributed by atoms with Crippen molar-refractivity contribution in [2.24, 2.45) is 0 Å². The highest BCUT2D eigenvalue weighted by Gasteiger charge is 2.16. The van der Waals surface area contributed by atoms with Gasteiger partial charge in [0, 0.05) is 24.1 Å². The highest BCUT2D eigenvalue weighted by molar-refractivity contribution is 5.89. The maximum atomic E-state index is 10.4. The number of carboxylic acid groups (broad SMARTS) is 2. The van der Waals surface area contributed by atoms with Gasteiger partial charge in [-0.05, 0) is 18.2 Å². The van der Waals surface area contributed by atoms with E-state index >= 15 is 0 Å². The molecule has 1 aromatic heterocycles. The Morgan fingerprint density at radius 3 is 2.27 bits per heavy atom. The van der Waals surface area contributed by atoms with E-state index in [9.17, 15) is 29.8 Å². The highest BCUT2D eigenvalue weighted by Crippen LogP contribution is 2.14. The van der Waals surface area contributed by atoms with E-state index in [0.717, 1.165) is 10.9 Å². The number of anilines is 1. The molecule has 0 bridgehead atoms. The minimum Gasteiger partial charge on any atom is -0.478 e. The Balaban J connectivity index is 0.000000479. The molecule has 14 heteroatoms. The molecule has 0 amide bonds. The number of nitrogens with zero attached hydrogens (tertiary/aromatic N) is 3. The van der Waals surface area contributed by atoms with Crippen molar-refractivity contribution in [3.63, 3.8) is 0 Å². The Labute approximate surface area is 167 Å². The predicted molar refractivity (Wildman–Crippen MR) is 99.5 cm³/mol. The van der Waals surface area contributed by atoms with Crippen LogP contribution in [0.4, 0.5) is 5.82 Å². The number of pyridine rings is 1. The Kier molecular flexibility index (Phi) is 9.47. The molecule has 1 aromatic carbocycles. The predicted octanol–water partition coefficient (Wildman–Crippen LogP) is 1.14. The molecule has 160 valence electrons. The Bertz CT molecular complexity index is 917. The van der Waals surface area contributed by atoms with Crippen molar-refractivity contribution >= 4 is 28.7 Å². The first kappa shape index (κ1) is 23.5. The lowest BCUT2D eigenvalue weighted by Crippen LogP contribution is -2.31. The molecule has 0 aliphatic carbocycles. The molecular formula is C16H16N4O10. The summed E-state index contributed by atoms with van der Waals surface area (Å²) in [5.74, 6) is -2.04. The minimum atomic E-state index is -1.26. The molecule has 0 aliphatic rings. The van der Waals surface area contributed by atoms with Gasteiger partial charge in [0.2, 0.25) is 0 Å².